The summed E-state index contributed by atoms with van der Waals surface area (Å²) in [4.78, 5) is 0. The first-order valence-electron chi connectivity index (χ1n) is 3.89. The fraction of sp³-hybridized carbons (Fsp3) is 0.833. The molecule has 14 heavy (non-hydrogen) atoms. The predicted molar refractivity (Wildman–Crippen MR) is 36.0 cm³/mol. The van der Waals surface area contributed by atoms with E-state index in [-0.39, 0.29) is 5.82 Å². The zero-order chi connectivity index (χ0) is 10.4. The molecule has 0 spiro atoms. The summed E-state index contributed by atoms with van der Waals surface area (Å²) in [6.07, 6.45) is -2.30. The molecule has 0 N–H and O–H groups in total. The van der Waals surface area contributed by atoms with Gasteiger partial charge in [-0.3, -0.25) is 0 Å². The molecular formula is C6H6F4N4. The Kier molecular flexibility index (Phi) is 1.76. The predicted octanol–water partition coefficient (Wildman–Crippen LogP) is 0.890. The lowest BCUT2D eigenvalue weighted by molar-refractivity contribution is -0.110. The molecule has 0 unspecified atom stereocenters. The Labute approximate surface area is 75.9 Å². The number of aromatic nitrogens is 4. The van der Waals surface area contributed by atoms with E-state index in [9.17, 15) is 17.6 Å². The minimum atomic E-state index is -3.47. The lowest BCUT2D eigenvalue weighted by Crippen LogP contribution is -2.30. The molecule has 0 amide bonds. The monoisotopic (exact) mass is 210 g/mol. The van der Waals surface area contributed by atoms with Crippen LogP contribution in [0.3, 0.4) is 0 Å². The highest BCUT2D eigenvalue weighted by molar-refractivity contribution is 4.95. The number of hydrogen-bond donors (Lipinski definition) is 0. The minimum Gasteiger partial charge on any atom is -0.223 e. The van der Waals surface area contributed by atoms with Crippen molar-refractivity contribution in [2.75, 3.05) is 0 Å². The number of rotatable bonds is 0. The van der Waals surface area contributed by atoms with Crippen LogP contribution in [0.5, 0.6) is 0 Å². The second-order valence-corrected chi connectivity index (χ2v) is 3.32. The Hall–Kier alpha value is -1.21. The Morgan fingerprint density at radius 1 is 1.14 bits per heavy atom. The Morgan fingerprint density at radius 2 is 1.86 bits per heavy atom. The molecule has 0 radical (unpaired) electrons. The van der Waals surface area contributed by atoms with Crippen molar-refractivity contribution in [2.45, 2.75) is 31.2 Å². The summed E-state index contributed by atoms with van der Waals surface area (Å²) in [6.45, 7) is -0.884. The fourth-order valence-electron chi connectivity index (χ4n) is 1.42. The molecule has 0 atom stereocenters. The van der Waals surface area contributed by atoms with Crippen molar-refractivity contribution in [3.8, 4) is 0 Å². The minimum absolute atomic E-state index is 0.202. The highest BCUT2D eigenvalue weighted by Crippen LogP contribution is 2.36. The Morgan fingerprint density at radius 3 is 2.57 bits per heavy atom. The molecule has 1 aliphatic heterocycles. The van der Waals surface area contributed by atoms with Crippen molar-refractivity contribution in [3.63, 3.8) is 0 Å². The van der Waals surface area contributed by atoms with Crippen molar-refractivity contribution in [1.29, 1.82) is 0 Å². The number of alkyl halides is 4. The maximum absolute atomic E-state index is 12.9. The second-order valence-electron chi connectivity index (χ2n) is 3.32. The van der Waals surface area contributed by atoms with Gasteiger partial charge in [-0.2, -0.15) is 0 Å². The van der Waals surface area contributed by atoms with E-state index in [4.69, 9.17) is 0 Å². The maximum atomic E-state index is 12.9. The Balaban J connectivity index is 2.39. The third-order valence-electron chi connectivity index (χ3n) is 1.92. The molecule has 2 heterocycles. The summed E-state index contributed by atoms with van der Waals surface area (Å²) < 4.78 is 52.4. The fourth-order valence-corrected chi connectivity index (χ4v) is 1.42. The molecule has 1 aromatic heterocycles. The highest BCUT2D eigenvalue weighted by atomic mass is 19.3. The van der Waals surface area contributed by atoms with Crippen LogP contribution in [-0.4, -0.2) is 32.1 Å². The lowest BCUT2D eigenvalue weighted by Gasteiger charge is -2.17. The lowest BCUT2D eigenvalue weighted by atomic mass is 10.1. The van der Waals surface area contributed by atoms with Crippen LogP contribution in [0, 0.1) is 0 Å². The van der Waals surface area contributed by atoms with Gasteiger partial charge in [-0.15, -0.1) is 5.10 Å². The van der Waals surface area contributed by atoms with Crippen LogP contribution in [0.15, 0.2) is 0 Å². The normalized spacial score (nSPS) is 24.0. The van der Waals surface area contributed by atoms with Crippen LogP contribution >= 0.6 is 0 Å². The molecule has 0 aromatic carbocycles. The molecule has 1 aromatic rings. The molecule has 1 aliphatic rings. The average molecular weight is 210 g/mol. The first-order valence-corrected chi connectivity index (χ1v) is 3.89. The second kappa shape index (κ2) is 2.64. The van der Waals surface area contributed by atoms with Gasteiger partial charge in [0.2, 0.25) is 0 Å². The van der Waals surface area contributed by atoms with Crippen LogP contribution in [0.25, 0.3) is 0 Å². The molecule has 0 bridgehead atoms. The van der Waals surface area contributed by atoms with Crippen molar-refractivity contribution < 1.29 is 17.6 Å². The number of tetrazole rings is 1. The van der Waals surface area contributed by atoms with Gasteiger partial charge in [0.15, 0.2) is 5.82 Å². The highest BCUT2D eigenvalue weighted by Gasteiger charge is 2.47. The largest absolute Gasteiger partial charge is 0.273 e. The van der Waals surface area contributed by atoms with Crippen LogP contribution in [0.1, 0.15) is 12.2 Å². The summed E-state index contributed by atoms with van der Waals surface area (Å²) >= 11 is 0. The quantitative estimate of drug-likeness (QED) is 0.597. The smallest absolute Gasteiger partial charge is 0.223 e. The average Bonchev–Trinajstić information content (AvgIpc) is 2.28. The summed E-state index contributed by atoms with van der Waals surface area (Å²) in [5.74, 6) is -7.12. The molecule has 0 saturated heterocycles. The van der Waals surface area contributed by atoms with E-state index in [0.717, 1.165) is 4.68 Å². The third kappa shape index (κ3) is 1.68. The maximum Gasteiger partial charge on any atom is 0.273 e. The van der Waals surface area contributed by atoms with E-state index >= 15 is 0 Å². The number of halogens is 4. The van der Waals surface area contributed by atoms with E-state index < -0.39 is 31.2 Å². The molecular weight excluding hydrogens is 204 g/mol. The van der Waals surface area contributed by atoms with Crippen LogP contribution in [-0.2, 0) is 13.0 Å². The van der Waals surface area contributed by atoms with Crippen LogP contribution in [0.4, 0.5) is 17.6 Å². The van der Waals surface area contributed by atoms with Crippen LogP contribution in [0.2, 0.25) is 0 Å². The summed E-state index contributed by atoms with van der Waals surface area (Å²) in [6, 6.07) is 0. The Bertz CT molecular complexity index is 317. The van der Waals surface area contributed by atoms with Gasteiger partial charge in [-0.05, 0) is 10.4 Å². The van der Waals surface area contributed by atoms with E-state index in [1.54, 1.807) is 0 Å². The van der Waals surface area contributed by atoms with Crippen molar-refractivity contribution in [2.24, 2.45) is 0 Å². The van der Waals surface area contributed by atoms with Crippen molar-refractivity contribution in [1.82, 2.24) is 20.2 Å². The third-order valence-corrected chi connectivity index (χ3v) is 1.92. The van der Waals surface area contributed by atoms with Gasteiger partial charge in [-0.25, -0.2) is 22.2 Å². The van der Waals surface area contributed by atoms with Crippen LogP contribution < -0.4 is 0 Å². The molecule has 0 saturated carbocycles. The molecule has 0 aliphatic carbocycles. The van der Waals surface area contributed by atoms with Gasteiger partial charge in [0, 0.05) is 0 Å². The van der Waals surface area contributed by atoms with Crippen molar-refractivity contribution in [3.05, 3.63) is 5.82 Å². The first-order chi connectivity index (χ1) is 6.38. The van der Waals surface area contributed by atoms with E-state index in [0.29, 0.717) is 0 Å². The van der Waals surface area contributed by atoms with Gasteiger partial charge in [-0.1, -0.05) is 0 Å². The van der Waals surface area contributed by atoms with E-state index in [2.05, 4.69) is 15.5 Å². The zero-order valence-electron chi connectivity index (χ0n) is 6.92. The topological polar surface area (TPSA) is 43.6 Å². The van der Waals surface area contributed by atoms with Gasteiger partial charge in [0.25, 0.3) is 11.8 Å². The molecule has 0 fully saturated rings. The molecule has 78 valence electrons. The van der Waals surface area contributed by atoms with Gasteiger partial charge in [0.1, 0.15) is 6.54 Å². The number of fused-ring (bicyclic) bond motifs is 1. The van der Waals surface area contributed by atoms with E-state index in [1.165, 1.54) is 0 Å². The molecule has 2 rings (SSSR count). The van der Waals surface area contributed by atoms with E-state index in [1.807, 2.05) is 0 Å². The number of hydrogen-bond acceptors (Lipinski definition) is 3. The molecule has 4 nitrogen and oxygen atoms in total. The van der Waals surface area contributed by atoms with Gasteiger partial charge < -0.3 is 0 Å². The summed E-state index contributed by atoms with van der Waals surface area (Å²) in [7, 11) is 0. The van der Waals surface area contributed by atoms with Gasteiger partial charge in [0.05, 0.1) is 12.8 Å². The summed E-state index contributed by atoms with van der Waals surface area (Å²) in [5, 5.41) is 9.56. The SMILES string of the molecule is FC1(F)Cc2nnnn2CC(F)(F)C1. The number of nitrogens with zero attached hydrogens (tertiary/aromatic N) is 4. The summed E-state index contributed by atoms with van der Waals surface area (Å²) in [5.41, 5.74) is 0. The zero-order valence-corrected chi connectivity index (χ0v) is 6.92. The molecule has 8 heteroatoms. The standard InChI is InChI=1S/C6H6F4N4/c7-5(8)1-4-11-12-13-14(4)3-6(9,10)2-5/h1-3H2. The first kappa shape index (κ1) is 9.35. The van der Waals surface area contributed by atoms with Gasteiger partial charge >= 0.3 is 0 Å². The van der Waals surface area contributed by atoms with Crippen molar-refractivity contribution >= 4 is 0 Å².